The van der Waals surface area contributed by atoms with Gasteiger partial charge in [-0.15, -0.1) is 0 Å². The molecule has 7 nitrogen and oxygen atoms in total. The third-order valence-corrected chi connectivity index (χ3v) is 6.22. The van der Waals surface area contributed by atoms with Crippen LogP contribution in [0.5, 0.6) is 0 Å². The van der Waals surface area contributed by atoms with Crippen LogP contribution in [0, 0.1) is 11.8 Å². The van der Waals surface area contributed by atoms with E-state index in [4.69, 9.17) is 14.6 Å². The second-order valence-corrected chi connectivity index (χ2v) is 7.99. The van der Waals surface area contributed by atoms with E-state index in [9.17, 15) is 4.79 Å². The van der Waals surface area contributed by atoms with Crippen molar-refractivity contribution in [3.63, 3.8) is 0 Å². The predicted octanol–water partition coefficient (Wildman–Crippen LogP) is 2.36. The maximum absolute atomic E-state index is 13.2. The first-order valence-electron chi connectivity index (χ1n) is 9.90. The molecule has 0 bridgehead atoms. The summed E-state index contributed by atoms with van der Waals surface area (Å²) < 4.78 is 5.76. The van der Waals surface area contributed by atoms with Gasteiger partial charge in [0.15, 0.2) is 0 Å². The van der Waals surface area contributed by atoms with Crippen molar-refractivity contribution >= 4 is 23.3 Å². The second-order valence-electron chi connectivity index (χ2n) is 7.99. The van der Waals surface area contributed by atoms with Crippen molar-refractivity contribution in [2.45, 2.75) is 25.0 Å². The lowest BCUT2D eigenvalue weighted by molar-refractivity contribution is -0.122. The van der Waals surface area contributed by atoms with Gasteiger partial charge in [0.2, 0.25) is 0 Å². The topological polar surface area (TPSA) is 83.0 Å². The zero-order valence-corrected chi connectivity index (χ0v) is 17.2. The predicted molar refractivity (Wildman–Crippen MR) is 111 cm³/mol. The SMILES string of the molecule is CO[C@@H]1C[C@H]2CN(C(=O)c3ccnc4ccccc34)C[C@H]2C[C@H]1N(C)C.O=CO. The van der Waals surface area contributed by atoms with Crippen LogP contribution >= 0.6 is 0 Å². The standard InChI is InChI=1S/C21H27N3O2.CH2O2/c1-23(2)19-10-14-12-24(13-15(14)11-20(19)26-3)21(25)17-8-9-22-18-7-5-4-6-16(17)18;2-1-3/h4-9,14-15,19-20H,10-13H2,1-3H3;1H,(H,2,3)/t14-,15+,19-,20-;/m1./s1. The Morgan fingerprint density at radius 2 is 1.86 bits per heavy atom. The molecule has 29 heavy (non-hydrogen) atoms. The average molecular weight is 399 g/mol. The van der Waals surface area contributed by atoms with E-state index < -0.39 is 0 Å². The molecule has 1 aromatic carbocycles. The Bertz CT molecular complexity index is 852. The molecule has 0 unspecified atom stereocenters. The quantitative estimate of drug-likeness (QED) is 0.798. The summed E-state index contributed by atoms with van der Waals surface area (Å²) >= 11 is 0. The number of carbonyl (C=O) groups is 2. The molecule has 0 spiro atoms. The van der Waals surface area contributed by atoms with Gasteiger partial charge in [-0.25, -0.2) is 0 Å². The third kappa shape index (κ3) is 4.41. The molecule has 156 valence electrons. The number of likely N-dealkylation sites (tertiary alicyclic amines) is 1. The van der Waals surface area contributed by atoms with Gasteiger partial charge in [-0.05, 0) is 50.9 Å². The zero-order chi connectivity index (χ0) is 21.0. The van der Waals surface area contributed by atoms with Gasteiger partial charge < -0.3 is 19.6 Å². The van der Waals surface area contributed by atoms with E-state index in [2.05, 4.69) is 24.0 Å². The zero-order valence-electron chi connectivity index (χ0n) is 17.2. The number of ether oxygens (including phenoxy) is 1. The number of likely N-dealkylation sites (N-methyl/N-ethyl adjacent to an activating group) is 1. The molecule has 2 heterocycles. The number of nitrogens with zero attached hydrogens (tertiary/aromatic N) is 3. The highest BCUT2D eigenvalue weighted by atomic mass is 16.5. The van der Waals surface area contributed by atoms with Crippen LogP contribution in [0.25, 0.3) is 10.9 Å². The number of pyridine rings is 1. The molecular weight excluding hydrogens is 370 g/mol. The highest BCUT2D eigenvalue weighted by Gasteiger charge is 2.44. The Morgan fingerprint density at radius 3 is 2.52 bits per heavy atom. The number of carboxylic acid groups (broad SMARTS) is 1. The van der Waals surface area contributed by atoms with Crippen LogP contribution in [-0.4, -0.2) is 78.7 Å². The number of carbonyl (C=O) groups excluding carboxylic acids is 1. The number of para-hydroxylation sites is 1. The Morgan fingerprint density at radius 1 is 1.21 bits per heavy atom. The second kappa shape index (κ2) is 9.33. The molecule has 1 saturated carbocycles. The molecule has 1 N–H and O–H groups in total. The molecule has 1 saturated heterocycles. The fourth-order valence-corrected chi connectivity index (χ4v) is 4.81. The van der Waals surface area contributed by atoms with Crippen LogP contribution in [0.4, 0.5) is 0 Å². The van der Waals surface area contributed by atoms with Crippen molar-refractivity contribution in [3.8, 4) is 0 Å². The maximum Gasteiger partial charge on any atom is 0.290 e. The van der Waals surface area contributed by atoms with Crippen molar-refractivity contribution < 1.29 is 19.4 Å². The van der Waals surface area contributed by atoms with Gasteiger partial charge in [0.05, 0.1) is 17.2 Å². The summed E-state index contributed by atoms with van der Waals surface area (Å²) in [6.07, 6.45) is 4.12. The van der Waals surface area contributed by atoms with Crippen molar-refractivity contribution in [2.24, 2.45) is 11.8 Å². The number of aromatic nitrogens is 1. The van der Waals surface area contributed by atoms with E-state index in [1.807, 2.05) is 42.3 Å². The van der Waals surface area contributed by atoms with Gasteiger partial charge in [0, 0.05) is 37.8 Å². The molecule has 1 amide bonds. The minimum absolute atomic E-state index is 0.133. The summed E-state index contributed by atoms with van der Waals surface area (Å²) in [6.45, 7) is 1.43. The van der Waals surface area contributed by atoms with Gasteiger partial charge >= 0.3 is 0 Å². The molecule has 4 rings (SSSR count). The summed E-state index contributed by atoms with van der Waals surface area (Å²) in [5, 5.41) is 7.83. The Balaban J connectivity index is 0.000000755. The molecule has 4 atom stereocenters. The maximum atomic E-state index is 13.2. The molecule has 1 aromatic heterocycles. The van der Waals surface area contributed by atoms with E-state index in [0.29, 0.717) is 17.9 Å². The van der Waals surface area contributed by atoms with Crippen LogP contribution in [0.15, 0.2) is 36.5 Å². The molecule has 1 aliphatic carbocycles. The first-order valence-corrected chi connectivity index (χ1v) is 9.90. The van der Waals surface area contributed by atoms with E-state index in [-0.39, 0.29) is 18.5 Å². The Kier molecular flexibility index (Phi) is 6.82. The van der Waals surface area contributed by atoms with Crippen LogP contribution in [-0.2, 0) is 9.53 Å². The lowest BCUT2D eigenvalue weighted by Gasteiger charge is -2.40. The highest BCUT2D eigenvalue weighted by molar-refractivity contribution is 6.06. The van der Waals surface area contributed by atoms with Gasteiger partial charge in [0.1, 0.15) is 0 Å². The van der Waals surface area contributed by atoms with Crippen molar-refractivity contribution in [3.05, 3.63) is 42.1 Å². The summed E-state index contributed by atoms with van der Waals surface area (Å²) in [7, 11) is 6.05. The van der Waals surface area contributed by atoms with Crippen LogP contribution in [0.3, 0.4) is 0 Å². The Hall–Kier alpha value is -2.51. The summed E-state index contributed by atoms with van der Waals surface area (Å²) in [5.74, 6) is 1.23. The van der Waals surface area contributed by atoms with Crippen molar-refractivity contribution in [1.82, 2.24) is 14.8 Å². The van der Waals surface area contributed by atoms with E-state index in [1.165, 1.54) is 0 Å². The number of rotatable bonds is 3. The molecule has 2 aromatic rings. The van der Waals surface area contributed by atoms with Crippen molar-refractivity contribution in [1.29, 1.82) is 0 Å². The largest absolute Gasteiger partial charge is 0.483 e. The first-order chi connectivity index (χ1) is 14.0. The van der Waals surface area contributed by atoms with E-state index in [1.54, 1.807) is 6.20 Å². The van der Waals surface area contributed by atoms with Crippen LogP contribution < -0.4 is 0 Å². The van der Waals surface area contributed by atoms with Crippen LogP contribution in [0.1, 0.15) is 23.2 Å². The normalized spacial score (nSPS) is 26.0. The summed E-state index contributed by atoms with van der Waals surface area (Å²) in [5.41, 5.74) is 1.64. The molecule has 1 aliphatic heterocycles. The fourth-order valence-electron chi connectivity index (χ4n) is 4.81. The van der Waals surface area contributed by atoms with Gasteiger partial charge in [-0.2, -0.15) is 0 Å². The third-order valence-electron chi connectivity index (χ3n) is 6.22. The monoisotopic (exact) mass is 399 g/mol. The number of methoxy groups -OCH3 is 1. The summed E-state index contributed by atoms with van der Waals surface area (Å²) in [4.78, 5) is 30.3. The minimum atomic E-state index is -0.250. The minimum Gasteiger partial charge on any atom is -0.483 e. The van der Waals surface area contributed by atoms with Gasteiger partial charge in [0.25, 0.3) is 12.4 Å². The number of benzene rings is 1. The molecule has 2 aliphatic rings. The number of hydrogen-bond acceptors (Lipinski definition) is 5. The fraction of sp³-hybridized carbons (Fsp3) is 0.500. The van der Waals surface area contributed by atoms with Gasteiger partial charge in [-0.1, -0.05) is 18.2 Å². The van der Waals surface area contributed by atoms with Crippen LogP contribution in [0.2, 0.25) is 0 Å². The lowest BCUT2D eigenvalue weighted by atomic mass is 9.77. The molecular formula is C22H29N3O4. The van der Waals surface area contributed by atoms with E-state index >= 15 is 0 Å². The van der Waals surface area contributed by atoms with E-state index in [0.717, 1.165) is 42.4 Å². The molecule has 2 fully saturated rings. The summed E-state index contributed by atoms with van der Waals surface area (Å²) in [6, 6.07) is 10.2. The first kappa shape index (κ1) is 21.2. The molecule has 0 radical (unpaired) electrons. The lowest BCUT2D eigenvalue weighted by Crippen LogP contribution is -2.47. The average Bonchev–Trinajstić information content (AvgIpc) is 3.15. The Labute approximate surface area is 171 Å². The molecule has 7 heteroatoms. The smallest absolute Gasteiger partial charge is 0.290 e. The number of fused-ring (bicyclic) bond motifs is 2. The number of hydrogen-bond donors (Lipinski definition) is 1. The van der Waals surface area contributed by atoms with Crippen molar-refractivity contribution in [2.75, 3.05) is 34.3 Å². The number of amides is 1. The van der Waals surface area contributed by atoms with Gasteiger partial charge in [-0.3, -0.25) is 14.6 Å². The highest BCUT2D eigenvalue weighted by Crippen LogP contribution is 2.39.